The van der Waals surface area contributed by atoms with Crippen molar-refractivity contribution in [3.8, 4) is 0 Å². The second-order valence-corrected chi connectivity index (χ2v) is 5.27. The van der Waals surface area contributed by atoms with Crippen LogP contribution in [0.3, 0.4) is 0 Å². The van der Waals surface area contributed by atoms with E-state index in [0.29, 0.717) is 5.56 Å². The Morgan fingerprint density at radius 2 is 1.76 bits per heavy atom. The molecule has 0 amide bonds. The molecular formula is C15H21NO4S. The second-order valence-electron chi connectivity index (χ2n) is 4.45. The van der Waals surface area contributed by atoms with Crippen LogP contribution in [0.2, 0.25) is 0 Å². The van der Waals surface area contributed by atoms with Gasteiger partial charge in [-0.2, -0.15) is 0 Å². The van der Waals surface area contributed by atoms with E-state index in [9.17, 15) is 14.4 Å². The van der Waals surface area contributed by atoms with Crippen LogP contribution in [-0.2, 0) is 16.0 Å². The first-order valence-corrected chi connectivity index (χ1v) is 7.28. The fourth-order valence-corrected chi connectivity index (χ4v) is 2.14. The highest BCUT2D eigenvalue weighted by molar-refractivity contribution is 8.13. The minimum atomic E-state index is -1.07. The van der Waals surface area contributed by atoms with E-state index in [4.69, 9.17) is 10.8 Å². The van der Waals surface area contributed by atoms with Crippen molar-refractivity contribution < 1.29 is 19.5 Å². The number of hydrogen-bond acceptors (Lipinski definition) is 5. The van der Waals surface area contributed by atoms with Crippen LogP contribution < -0.4 is 5.73 Å². The first kappa shape index (κ1) is 19.3. The highest BCUT2D eigenvalue weighted by Gasteiger charge is 2.22. The van der Waals surface area contributed by atoms with Crippen molar-refractivity contribution in [2.75, 3.05) is 6.26 Å². The van der Waals surface area contributed by atoms with E-state index in [-0.39, 0.29) is 24.7 Å². The van der Waals surface area contributed by atoms with E-state index in [2.05, 4.69) is 0 Å². The molecule has 1 aromatic rings. The fourth-order valence-electron chi connectivity index (χ4n) is 1.68. The third-order valence-corrected chi connectivity index (χ3v) is 3.72. The first-order chi connectivity index (χ1) is 9.36. The van der Waals surface area contributed by atoms with Gasteiger partial charge in [0, 0.05) is 5.56 Å². The molecule has 0 bridgehead atoms. The molecule has 2 unspecified atom stereocenters. The average Bonchev–Trinajstić information content (AvgIpc) is 2.45. The molecule has 3 N–H and O–H groups in total. The zero-order valence-electron chi connectivity index (χ0n) is 11.3. The summed E-state index contributed by atoms with van der Waals surface area (Å²) in [6.45, 7) is 1.58. The minimum Gasteiger partial charge on any atom is -0.480 e. The highest BCUT2D eigenvalue weighted by atomic mass is 32.2. The Hall–Kier alpha value is -1.66. The quantitative estimate of drug-likeness (QED) is 0.616. The molecule has 5 nitrogen and oxygen atoms in total. The lowest BCUT2D eigenvalue weighted by molar-refractivity contribution is -0.138. The largest absolute Gasteiger partial charge is 0.480 e. The molecule has 0 aliphatic rings. The number of ketones is 1. The maximum atomic E-state index is 12.0. The standard InChI is InChI=1S/C14H17NO4S.CH4/c1-8(14(19)20-2)12(16)10-5-3-9(4-6-10)7-11(15)13(17)18;/h3-6,8,11H,7,15H2,1-2H3,(H,17,18);1H4. The van der Waals surface area contributed by atoms with Gasteiger partial charge in [0.05, 0.1) is 5.92 Å². The lowest BCUT2D eigenvalue weighted by atomic mass is 9.98. The Balaban J connectivity index is 0.00000400. The van der Waals surface area contributed by atoms with Gasteiger partial charge in [-0.25, -0.2) is 0 Å². The maximum absolute atomic E-state index is 12.0. The first-order valence-electron chi connectivity index (χ1n) is 6.06. The zero-order valence-corrected chi connectivity index (χ0v) is 12.1. The molecule has 0 heterocycles. The van der Waals surface area contributed by atoms with Crippen molar-refractivity contribution in [3.63, 3.8) is 0 Å². The molecule has 0 spiro atoms. The number of carboxylic acids is 1. The number of aliphatic carboxylic acids is 1. The topological polar surface area (TPSA) is 97.5 Å². The Bertz CT molecular complexity index is 513. The monoisotopic (exact) mass is 311 g/mol. The molecule has 0 fully saturated rings. The minimum absolute atomic E-state index is 0. The van der Waals surface area contributed by atoms with Crippen molar-refractivity contribution in [2.24, 2.45) is 11.7 Å². The number of thioether (sulfide) groups is 1. The van der Waals surface area contributed by atoms with Gasteiger partial charge in [-0.15, -0.1) is 0 Å². The van der Waals surface area contributed by atoms with Crippen LogP contribution in [0, 0.1) is 5.92 Å². The Kier molecular flexibility index (Phi) is 7.91. The number of benzene rings is 1. The van der Waals surface area contributed by atoms with E-state index in [0.717, 1.165) is 17.3 Å². The molecule has 1 rings (SSSR count). The Labute approximate surface area is 128 Å². The third-order valence-electron chi connectivity index (χ3n) is 2.96. The lowest BCUT2D eigenvalue weighted by Crippen LogP contribution is -2.32. The summed E-state index contributed by atoms with van der Waals surface area (Å²) in [5, 5.41) is 8.55. The number of carbonyl (C=O) groups excluding carboxylic acids is 2. The normalized spacial score (nSPS) is 12.9. The van der Waals surface area contributed by atoms with Gasteiger partial charge in [0.15, 0.2) is 10.9 Å². The second kappa shape index (κ2) is 8.59. The summed E-state index contributed by atoms with van der Waals surface area (Å²) >= 11 is 1.03. The molecule has 0 saturated carbocycles. The summed E-state index contributed by atoms with van der Waals surface area (Å²) in [5.74, 6) is -1.99. The highest BCUT2D eigenvalue weighted by Crippen LogP contribution is 2.15. The molecule has 0 aromatic heterocycles. The number of hydrogen-bond donors (Lipinski definition) is 2. The summed E-state index contributed by atoms with van der Waals surface area (Å²) in [5.41, 5.74) is 6.61. The van der Waals surface area contributed by atoms with Gasteiger partial charge >= 0.3 is 5.97 Å². The third kappa shape index (κ3) is 5.32. The van der Waals surface area contributed by atoms with Gasteiger partial charge in [-0.1, -0.05) is 43.5 Å². The number of Topliss-reactive ketones (excluding diaryl/α,β-unsaturated/α-hetero) is 1. The van der Waals surface area contributed by atoms with E-state index >= 15 is 0 Å². The number of nitrogens with two attached hydrogens (primary N) is 1. The smallest absolute Gasteiger partial charge is 0.320 e. The van der Waals surface area contributed by atoms with Crippen LogP contribution in [-0.4, -0.2) is 34.3 Å². The van der Waals surface area contributed by atoms with Crippen LogP contribution in [0.25, 0.3) is 0 Å². The summed E-state index contributed by atoms with van der Waals surface area (Å²) < 4.78 is 0. The van der Waals surface area contributed by atoms with E-state index in [1.807, 2.05) is 0 Å². The van der Waals surface area contributed by atoms with Gasteiger partial charge < -0.3 is 10.8 Å². The zero-order chi connectivity index (χ0) is 15.3. The van der Waals surface area contributed by atoms with Crippen molar-refractivity contribution >= 4 is 28.6 Å². The van der Waals surface area contributed by atoms with Crippen molar-refractivity contribution in [2.45, 2.75) is 26.8 Å². The van der Waals surface area contributed by atoms with Gasteiger partial charge in [0.1, 0.15) is 6.04 Å². The van der Waals surface area contributed by atoms with Crippen LogP contribution in [0.15, 0.2) is 24.3 Å². The molecule has 116 valence electrons. The van der Waals surface area contributed by atoms with Crippen molar-refractivity contribution in [1.29, 1.82) is 0 Å². The molecule has 6 heteroatoms. The summed E-state index contributed by atoms with van der Waals surface area (Å²) in [4.78, 5) is 34.2. The average molecular weight is 311 g/mol. The Morgan fingerprint density at radius 1 is 1.24 bits per heavy atom. The number of carboxylic acid groups (broad SMARTS) is 1. The van der Waals surface area contributed by atoms with Crippen molar-refractivity contribution in [3.05, 3.63) is 35.4 Å². The summed E-state index contributed by atoms with van der Waals surface area (Å²) in [6.07, 6.45) is 1.84. The number of rotatable bonds is 6. The van der Waals surface area contributed by atoms with Crippen LogP contribution in [0.5, 0.6) is 0 Å². The van der Waals surface area contributed by atoms with Gasteiger partial charge in [0.25, 0.3) is 0 Å². The summed E-state index contributed by atoms with van der Waals surface area (Å²) in [7, 11) is 0. The summed E-state index contributed by atoms with van der Waals surface area (Å²) in [6, 6.07) is 5.54. The predicted octanol–water partition coefficient (Wildman–Crippen LogP) is 1.99. The predicted molar refractivity (Wildman–Crippen MR) is 84.5 cm³/mol. The molecular weight excluding hydrogens is 290 g/mol. The van der Waals surface area contributed by atoms with E-state index in [1.165, 1.54) is 0 Å². The van der Waals surface area contributed by atoms with Crippen LogP contribution in [0.1, 0.15) is 30.3 Å². The molecule has 2 atom stereocenters. The molecule has 0 radical (unpaired) electrons. The van der Waals surface area contributed by atoms with E-state index < -0.39 is 17.9 Å². The van der Waals surface area contributed by atoms with Crippen LogP contribution in [0.4, 0.5) is 0 Å². The van der Waals surface area contributed by atoms with Gasteiger partial charge in [-0.05, 0) is 25.2 Å². The van der Waals surface area contributed by atoms with Crippen molar-refractivity contribution in [1.82, 2.24) is 0 Å². The van der Waals surface area contributed by atoms with E-state index in [1.54, 1.807) is 37.4 Å². The molecule has 1 aromatic carbocycles. The van der Waals surface area contributed by atoms with Gasteiger partial charge in [0.2, 0.25) is 0 Å². The molecule has 21 heavy (non-hydrogen) atoms. The number of carbonyl (C=O) groups is 3. The SMILES string of the molecule is C.CSC(=O)C(C)C(=O)c1ccc(CC(N)C(=O)O)cc1. The Morgan fingerprint density at radius 3 is 2.19 bits per heavy atom. The molecule has 0 aliphatic carbocycles. The fraction of sp³-hybridized carbons (Fsp3) is 0.400. The van der Waals surface area contributed by atoms with Crippen LogP contribution >= 0.6 is 11.8 Å². The maximum Gasteiger partial charge on any atom is 0.320 e. The molecule has 0 saturated heterocycles. The molecule has 0 aliphatic heterocycles. The lowest BCUT2D eigenvalue weighted by Gasteiger charge is -2.09. The van der Waals surface area contributed by atoms with Gasteiger partial charge in [-0.3, -0.25) is 14.4 Å².